The molecule has 0 aromatic heterocycles. The van der Waals surface area contributed by atoms with Gasteiger partial charge in [0.1, 0.15) is 33.6 Å². The topological polar surface area (TPSA) is 110 Å². The van der Waals surface area contributed by atoms with Crippen LogP contribution >= 0.6 is 0 Å². The molecule has 0 saturated heterocycles. The zero-order chi connectivity index (χ0) is 28.6. The molecule has 0 atom stereocenters. The van der Waals surface area contributed by atoms with E-state index in [0.29, 0.717) is 39.7 Å². The van der Waals surface area contributed by atoms with Crippen LogP contribution in [0.5, 0.6) is 28.7 Å². The minimum atomic E-state index is -4.20. The van der Waals surface area contributed by atoms with Crippen molar-refractivity contribution in [1.29, 1.82) is 0 Å². The number of nitrogens with zero attached hydrogens (tertiary/aromatic N) is 1. The molecule has 0 heterocycles. The van der Waals surface area contributed by atoms with Crippen molar-refractivity contribution in [3.63, 3.8) is 0 Å². The normalized spacial score (nSPS) is 11.2. The van der Waals surface area contributed by atoms with E-state index >= 15 is 0 Å². The monoisotopic (exact) mass is 559 g/mol. The zero-order valence-corrected chi connectivity index (χ0v) is 23.7. The van der Waals surface area contributed by atoms with Gasteiger partial charge in [-0.05, 0) is 29.8 Å². The number of ether oxygens (including phenoxy) is 6. The highest BCUT2D eigenvalue weighted by Gasteiger charge is 2.30. The summed E-state index contributed by atoms with van der Waals surface area (Å²) in [5, 5.41) is 0. The number of methoxy groups -OCH3 is 6. The van der Waals surface area contributed by atoms with Crippen LogP contribution in [0.25, 0.3) is 0 Å². The maximum Gasteiger partial charge on any atom is 0.309 e. The molecule has 0 unspecified atom stereocenters. The number of benzene rings is 3. The lowest BCUT2D eigenvalue weighted by Gasteiger charge is -2.25. The highest BCUT2D eigenvalue weighted by Crippen LogP contribution is 2.34. The van der Waals surface area contributed by atoms with Crippen LogP contribution in [0.4, 0.5) is 0 Å². The van der Waals surface area contributed by atoms with E-state index in [-0.39, 0.29) is 30.2 Å². The van der Waals surface area contributed by atoms with E-state index in [1.165, 1.54) is 59.1 Å². The number of esters is 1. The first-order valence-corrected chi connectivity index (χ1v) is 13.3. The molecular formula is C28H33NO9S. The van der Waals surface area contributed by atoms with E-state index in [1.54, 1.807) is 42.5 Å². The molecule has 0 aliphatic carbocycles. The molecule has 0 N–H and O–H groups in total. The maximum atomic E-state index is 14.3. The standard InChI is InChI=1S/C28H33NO9S/c1-33-22-10-8-20(25(15-22)36-4)17-29(18-21-9-11-23(34-2)16-26(21)37-5)39(31,32)27-13-19(14-28(30)38-6)7-12-24(27)35-3/h7-13,15-16H,14,17-18H2,1-6H3. The Balaban J connectivity index is 2.15. The first kappa shape index (κ1) is 29.6. The van der Waals surface area contributed by atoms with Crippen LogP contribution < -0.4 is 23.7 Å². The zero-order valence-electron chi connectivity index (χ0n) is 22.8. The van der Waals surface area contributed by atoms with Gasteiger partial charge in [0.15, 0.2) is 0 Å². The number of sulfonamides is 1. The maximum absolute atomic E-state index is 14.3. The lowest BCUT2D eigenvalue weighted by molar-refractivity contribution is -0.139. The number of hydrogen-bond acceptors (Lipinski definition) is 9. The highest BCUT2D eigenvalue weighted by molar-refractivity contribution is 7.89. The molecule has 0 saturated carbocycles. The number of carbonyl (C=O) groups excluding carboxylic acids is 1. The van der Waals surface area contributed by atoms with Gasteiger partial charge < -0.3 is 28.4 Å². The van der Waals surface area contributed by atoms with Gasteiger partial charge in [0.25, 0.3) is 0 Å². The van der Waals surface area contributed by atoms with Gasteiger partial charge in [-0.1, -0.05) is 18.2 Å². The van der Waals surface area contributed by atoms with E-state index in [2.05, 4.69) is 0 Å². The summed E-state index contributed by atoms with van der Waals surface area (Å²) in [6.45, 7) is -0.0931. The van der Waals surface area contributed by atoms with Gasteiger partial charge in [0.05, 0.1) is 49.1 Å². The van der Waals surface area contributed by atoms with Crippen molar-refractivity contribution in [2.45, 2.75) is 24.4 Å². The van der Waals surface area contributed by atoms with Crippen molar-refractivity contribution in [3.05, 3.63) is 71.3 Å². The summed E-state index contributed by atoms with van der Waals surface area (Å²) in [6, 6.07) is 14.9. The van der Waals surface area contributed by atoms with Crippen LogP contribution in [-0.4, -0.2) is 61.4 Å². The van der Waals surface area contributed by atoms with Gasteiger partial charge in [0.2, 0.25) is 10.0 Å². The fraction of sp³-hybridized carbons (Fsp3) is 0.321. The summed E-state index contributed by atoms with van der Waals surface area (Å²) in [6.07, 6.45) is -0.0956. The first-order valence-electron chi connectivity index (χ1n) is 11.9. The molecule has 0 bridgehead atoms. The van der Waals surface area contributed by atoms with E-state index in [4.69, 9.17) is 28.4 Å². The van der Waals surface area contributed by atoms with Crippen molar-refractivity contribution >= 4 is 16.0 Å². The minimum Gasteiger partial charge on any atom is -0.497 e. The van der Waals surface area contributed by atoms with Gasteiger partial charge in [0, 0.05) is 36.3 Å². The molecule has 39 heavy (non-hydrogen) atoms. The fourth-order valence-electron chi connectivity index (χ4n) is 3.98. The number of rotatable bonds is 13. The molecule has 0 aliphatic rings. The lowest BCUT2D eigenvalue weighted by Crippen LogP contribution is -2.31. The first-order chi connectivity index (χ1) is 18.7. The molecule has 0 spiro atoms. The third kappa shape index (κ3) is 6.92. The Hall–Kier alpha value is -3.96. The summed E-state index contributed by atoms with van der Waals surface area (Å²) < 4.78 is 61.7. The van der Waals surface area contributed by atoms with Crippen LogP contribution in [0.1, 0.15) is 16.7 Å². The average Bonchev–Trinajstić information content (AvgIpc) is 2.96. The van der Waals surface area contributed by atoms with Gasteiger partial charge in [-0.15, -0.1) is 0 Å². The van der Waals surface area contributed by atoms with E-state index in [1.807, 2.05) is 0 Å². The Morgan fingerprint density at radius 3 is 1.62 bits per heavy atom. The molecule has 3 aromatic rings. The van der Waals surface area contributed by atoms with Crippen molar-refractivity contribution in [2.24, 2.45) is 0 Å². The van der Waals surface area contributed by atoms with Crippen molar-refractivity contribution < 1.29 is 41.6 Å². The molecule has 0 aliphatic heterocycles. The van der Waals surface area contributed by atoms with E-state index in [9.17, 15) is 13.2 Å². The summed E-state index contributed by atoms with van der Waals surface area (Å²) in [5.41, 5.74) is 1.68. The third-order valence-corrected chi connectivity index (χ3v) is 7.92. The summed E-state index contributed by atoms with van der Waals surface area (Å²) >= 11 is 0. The third-order valence-electron chi connectivity index (χ3n) is 6.10. The second kappa shape index (κ2) is 13.2. The van der Waals surface area contributed by atoms with Gasteiger partial charge in [-0.25, -0.2) is 8.42 Å². The van der Waals surface area contributed by atoms with E-state index in [0.717, 1.165) is 0 Å². The lowest BCUT2D eigenvalue weighted by atomic mass is 10.1. The van der Waals surface area contributed by atoms with Crippen LogP contribution in [0, 0.1) is 0 Å². The molecule has 10 nitrogen and oxygen atoms in total. The van der Waals surface area contributed by atoms with Crippen molar-refractivity contribution in [1.82, 2.24) is 4.31 Å². The molecule has 210 valence electrons. The summed E-state index contributed by atoms with van der Waals surface area (Å²) in [7, 11) is 4.53. The number of hydrogen-bond donors (Lipinski definition) is 0. The molecule has 0 fully saturated rings. The van der Waals surface area contributed by atoms with Crippen LogP contribution in [0.3, 0.4) is 0 Å². The largest absolute Gasteiger partial charge is 0.497 e. The predicted octanol–water partition coefficient (Wildman–Crippen LogP) is 3.84. The minimum absolute atomic E-state index is 0.0466. The Labute approximate surface area is 229 Å². The van der Waals surface area contributed by atoms with Gasteiger partial charge in [-0.3, -0.25) is 4.79 Å². The SMILES string of the molecule is COC(=O)Cc1ccc(OC)c(S(=O)(=O)N(Cc2ccc(OC)cc2OC)Cc2ccc(OC)cc2OC)c1. The molecule has 0 radical (unpaired) electrons. The number of carbonyl (C=O) groups is 1. The second-order valence-corrected chi connectivity index (χ2v) is 10.3. The van der Waals surface area contributed by atoms with Crippen molar-refractivity contribution in [2.75, 3.05) is 42.7 Å². The predicted molar refractivity (Wildman–Crippen MR) is 144 cm³/mol. The molecule has 0 amide bonds. The summed E-state index contributed by atoms with van der Waals surface area (Å²) in [4.78, 5) is 11.8. The van der Waals surface area contributed by atoms with Gasteiger partial charge >= 0.3 is 5.97 Å². The molecule has 3 rings (SSSR count). The quantitative estimate of drug-likeness (QED) is 0.289. The average molecular weight is 560 g/mol. The molecule has 3 aromatic carbocycles. The Morgan fingerprint density at radius 1 is 0.667 bits per heavy atom. The Morgan fingerprint density at radius 2 is 1.18 bits per heavy atom. The fourth-order valence-corrected chi connectivity index (χ4v) is 5.58. The van der Waals surface area contributed by atoms with E-state index < -0.39 is 16.0 Å². The molecule has 11 heteroatoms. The Kier molecular flexibility index (Phi) is 10.0. The Bertz CT molecular complexity index is 1350. The second-order valence-electron chi connectivity index (χ2n) is 8.37. The molecular weight excluding hydrogens is 526 g/mol. The van der Waals surface area contributed by atoms with Crippen LogP contribution in [0.15, 0.2) is 59.5 Å². The smallest absolute Gasteiger partial charge is 0.309 e. The summed E-state index contributed by atoms with van der Waals surface area (Å²) in [5.74, 6) is 1.70. The van der Waals surface area contributed by atoms with Crippen LogP contribution in [-0.2, 0) is 39.1 Å². The van der Waals surface area contributed by atoms with Crippen LogP contribution in [0.2, 0.25) is 0 Å². The van der Waals surface area contributed by atoms with Crippen molar-refractivity contribution in [3.8, 4) is 28.7 Å². The highest BCUT2D eigenvalue weighted by atomic mass is 32.2. The van der Waals surface area contributed by atoms with Gasteiger partial charge in [-0.2, -0.15) is 4.31 Å².